The molecule has 128 valence electrons. The minimum absolute atomic E-state index is 0.134. The van der Waals surface area contributed by atoms with Gasteiger partial charge in [0.2, 0.25) is 5.91 Å². The number of nitrogens with one attached hydrogen (secondary N) is 1. The molecular formula is C19H17NO4S. The number of aromatic carboxylic acids is 1. The molecule has 1 heterocycles. The third-order valence-corrected chi connectivity index (χ3v) is 4.80. The molecule has 0 saturated heterocycles. The number of carboxylic acid groups (broad SMARTS) is 1. The van der Waals surface area contributed by atoms with Gasteiger partial charge in [-0.15, -0.1) is 11.8 Å². The third-order valence-electron chi connectivity index (χ3n) is 3.73. The van der Waals surface area contributed by atoms with E-state index in [2.05, 4.69) is 5.32 Å². The van der Waals surface area contributed by atoms with Gasteiger partial charge in [0.15, 0.2) is 0 Å². The number of amides is 1. The molecule has 25 heavy (non-hydrogen) atoms. The van der Waals surface area contributed by atoms with Crippen molar-refractivity contribution >= 4 is 34.6 Å². The molecule has 0 radical (unpaired) electrons. The van der Waals surface area contributed by atoms with Crippen molar-refractivity contribution in [1.29, 1.82) is 0 Å². The monoisotopic (exact) mass is 355 g/mol. The zero-order chi connectivity index (χ0) is 17.8. The van der Waals surface area contributed by atoms with Gasteiger partial charge in [0.1, 0.15) is 11.3 Å². The molecule has 2 N–H and O–H groups in total. The van der Waals surface area contributed by atoms with E-state index in [-0.39, 0.29) is 23.3 Å². The number of carbonyl (C=O) groups is 2. The van der Waals surface area contributed by atoms with E-state index in [1.165, 1.54) is 17.8 Å². The molecule has 3 aromatic rings. The number of hydrogen-bond acceptors (Lipinski definition) is 4. The van der Waals surface area contributed by atoms with Gasteiger partial charge in [-0.2, -0.15) is 0 Å². The van der Waals surface area contributed by atoms with Gasteiger partial charge in [0, 0.05) is 10.3 Å². The van der Waals surface area contributed by atoms with Crippen molar-refractivity contribution < 1.29 is 19.1 Å². The molecular weight excluding hydrogens is 338 g/mol. The Morgan fingerprint density at radius 2 is 1.88 bits per heavy atom. The summed E-state index contributed by atoms with van der Waals surface area (Å²) >= 11 is 1.20. The molecule has 0 spiro atoms. The molecule has 0 aliphatic rings. The van der Waals surface area contributed by atoms with Crippen LogP contribution in [0.5, 0.6) is 0 Å². The third kappa shape index (κ3) is 4.03. The van der Waals surface area contributed by atoms with Crippen LogP contribution >= 0.6 is 11.8 Å². The summed E-state index contributed by atoms with van der Waals surface area (Å²) in [5, 5.41) is 13.0. The van der Waals surface area contributed by atoms with Crippen molar-refractivity contribution in [2.24, 2.45) is 0 Å². The number of fused-ring (bicyclic) bond motifs is 1. The van der Waals surface area contributed by atoms with Crippen LogP contribution in [0.3, 0.4) is 0 Å². The molecule has 0 saturated carbocycles. The van der Waals surface area contributed by atoms with Crippen LogP contribution in [-0.4, -0.2) is 22.7 Å². The van der Waals surface area contributed by atoms with Crippen molar-refractivity contribution in [2.45, 2.75) is 17.9 Å². The fraction of sp³-hybridized carbons (Fsp3) is 0.158. The molecule has 1 atom stereocenters. The van der Waals surface area contributed by atoms with Gasteiger partial charge in [-0.05, 0) is 31.2 Å². The maximum atomic E-state index is 12.2. The topological polar surface area (TPSA) is 79.5 Å². The van der Waals surface area contributed by atoms with Gasteiger partial charge in [0.05, 0.1) is 17.4 Å². The van der Waals surface area contributed by atoms with Crippen LogP contribution in [0.1, 0.15) is 29.1 Å². The maximum absolute atomic E-state index is 12.2. The van der Waals surface area contributed by atoms with E-state index in [0.29, 0.717) is 10.7 Å². The molecule has 0 fully saturated rings. The number of carbonyl (C=O) groups excluding carboxylic acids is 1. The molecule has 2 aromatic carbocycles. The zero-order valence-corrected chi connectivity index (χ0v) is 14.4. The van der Waals surface area contributed by atoms with Crippen molar-refractivity contribution in [1.82, 2.24) is 5.32 Å². The Kier molecular flexibility index (Phi) is 5.09. The first kappa shape index (κ1) is 17.1. The van der Waals surface area contributed by atoms with Crippen molar-refractivity contribution in [3.05, 3.63) is 65.9 Å². The number of benzene rings is 2. The summed E-state index contributed by atoms with van der Waals surface area (Å²) in [5.74, 6) is -0.364. The maximum Gasteiger partial charge on any atom is 0.336 e. The van der Waals surface area contributed by atoms with Gasteiger partial charge in [-0.1, -0.05) is 30.3 Å². The summed E-state index contributed by atoms with van der Waals surface area (Å²) in [7, 11) is 0. The number of furan rings is 1. The summed E-state index contributed by atoms with van der Waals surface area (Å²) in [5.41, 5.74) is 0.981. The lowest BCUT2D eigenvalue weighted by atomic mass is 10.2. The summed E-state index contributed by atoms with van der Waals surface area (Å²) in [6.45, 7) is 1.85. The molecule has 3 rings (SSSR count). The van der Waals surface area contributed by atoms with E-state index in [1.807, 2.05) is 37.3 Å². The summed E-state index contributed by atoms with van der Waals surface area (Å²) < 4.78 is 5.74. The highest BCUT2D eigenvalue weighted by Gasteiger charge is 2.16. The van der Waals surface area contributed by atoms with Crippen LogP contribution in [0.2, 0.25) is 0 Å². The highest BCUT2D eigenvalue weighted by molar-refractivity contribution is 8.00. The van der Waals surface area contributed by atoms with Crippen LogP contribution in [0.15, 0.2) is 63.9 Å². The Labute approximate surface area is 149 Å². The first-order valence-electron chi connectivity index (χ1n) is 7.77. The summed E-state index contributed by atoms with van der Waals surface area (Å²) in [6.07, 6.45) is 0. The number of thioether (sulfide) groups is 1. The van der Waals surface area contributed by atoms with Gasteiger partial charge in [0.25, 0.3) is 0 Å². The molecule has 0 bridgehead atoms. The predicted molar refractivity (Wildman–Crippen MR) is 96.9 cm³/mol. The minimum atomic E-state index is -1.00. The molecule has 5 nitrogen and oxygen atoms in total. The van der Waals surface area contributed by atoms with Crippen LogP contribution in [0.4, 0.5) is 0 Å². The average molecular weight is 355 g/mol. The number of para-hydroxylation sites is 1. The number of carboxylic acids is 1. The van der Waals surface area contributed by atoms with E-state index in [9.17, 15) is 9.59 Å². The SMILES string of the molecule is CC(NC(=O)CSc1ccccc1C(=O)O)c1cc2ccccc2o1. The predicted octanol–water partition coefficient (Wildman–Crippen LogP) is 4.10. The second-order valence-corrected chi connectivity index (χ2v) is 6.58. The van der Waals surface area contributed by atoms with Gasteiger partial charge < -0.3 is 14.8 Å². The smallest absolute Gasteiger partial charge is 0.336 e. The number of rotatable bonds is 6. The molecule has 1 aromatic heterocycles. The Morgan fingerprint density at radius 3 is 2.64 bits per heavy atom. The lowest BCUT2D eigenvalue weighted by Crippen LogP contribution is -2.28. The lowest BCUT2D eigenvalue weighted by molar-refractivity contribution is -0.119. The van der Waals surface area contributed by atoms with Crippen LogP contribution < -0.4 is 5.32 Å². The van der Waals surface area contributed by atoms with Gasteiger partial charge in [-0.3, -0.25) is 4.79 Å². The van der Waals surface area contributed by atoms with Crippen molar-refractivity contribution in [2.75, 3.05) is 5.75 Å². The Bertz CT molecular complexity index is 885. The van der Waals surface area contributed by atoms with E-state index >= 15 is 0 Å². The lowest BCUT2D eigenvalue weighted by Gasteiger charge is -2.11. The van der Waals surface area contributed by atoms with Crippen molar-refractivity contribution in [3.63, 3.8) is 0 Å². The molecule has 0 aliphatic carbocycles. The Balaban J connectivity index is 1.61. The van der Waals surface area contributed by atoms with E-state index in [0.717, 1.165) is 11.0 Å². The highest BCUT2D eigenvalue weighted by atomic mass is 32.2. The quantitative estimate of drug-likeness (QED) is 0.651. The highest BCUT2D eigenvalue weighted by Crippen LogP contribution is 2.25. The van der Waals surface area contributed by atoms with Crippen LogP contribution in [-0.2, 0) is 4.79 Å². The van der Waals surface area contributed by atoms with Crippen LogP contribution in [0, 0.1) is 0 Å². The van der Waals surface area contributed by atoms with E-state index in [1.54, 1.807) is 18.2 Å². The average Bonchev–Trinajstić information content (AvgIpc) is 3.04. The fourth-order valence-corrected chi connectivity index (χ4v) is 3.34. The Hall–Kier alpha value is -2.73. The second kappa shape index (κ2) is 7.44. The summed E-state index contributed by atoms with van der Waals surface area (Å²) in [6, 6.07) is 16.0. The Morgan fingerprint density at radius 1 is 1.16 bits per heavy atom. The normalized spacial score (nSPS) is 12.0. The molecule has 1 unspecified atom stereocenters. The van der Waals surface area contributed by atoms with E-state index in [4.69, 9.17) is 9.52 Å². The first-order chi connectivity index (χ1) is 12.0. The van der Waals surface area contributed by atoms with Gasteiger partial charge in [-0.25, -0.2) is 4.79 Å². The molecule has 1 amide bonds. The summed E-state index contributed by atoms with van der Waals surface area (Å²) in [4.78, 5) is 23.9. The van der Waals surface area contributed by atoms with Crippen LogP contribution in [0.25, 0.3) is 11.0 Å². The largest absolute Gasteiger partial charge is 0.478 e. The molecule has 0 aliphatic heterocycles. The fourth-order valence-electron chi connectivity index (χ4n) is 2.48. The van der Waals surface area contributed by atoms with E-state index < -0.39 is 5.97 Å². The van der Waals surface area contributed by atoms with Crippen molar-refractivity contribution in [3.8, 4) is 0 Å². The first-order valence-corrected chi connectivity index (χ1v) is 8.76. The zero-order valence-electron chi connectivity index (χ0n) is 13.6. The standard InChI is InChI=1S/C19H17NO4S/c1-12(16-10-13-6-2-4-8-15(13)24-16)20-18(21)11-25-17-9-5-3-7-14(17)19(22)23/h2-10,12H,11H2,1H3,(H,20,21)(H,22,23). The number of hydrogen-bond donors (Lipinski definition) is 2. The van der Waals surface area contributed by atoms with Gasteiger partial charge >= 0.3 is 5.97 Å². The second-order valence-electron chi connectivity index (χ2n) is 5.57. The molecule has 6 heteroatoms. The minimum Gasteiger partial charge on any atom is -0.478 e.